The van der Waals surface area contributed by atoms with Gasteiger partial charge in [-0.1, -0.05) is 329 Å². The molecule has 0 aromatic rings. The molecular weight excluding hydrogens is 863 g/mol. The lowest BCUT2D eigenvalue weighted by Crippen LogP contribution is -2.41. The van der Waals surface area contributed by atoms with E-state index < -0.39 is 5.54 Å². The van der Waals surface area contributed by atoms with Crippen LogP contribution in [-0.2, 0) is 23.8 Å². The highest BCUT2D eigenvalue weighted by molar-refractivity contribution is 5.78. The number of ether oxygens (including phenoxy) is 3. The molecule has 0 aromatic heterocycles. The smallest absolute Gasteiger partial charge is 0.305 e. The molecule has 70 heavy (non-hydrogen) atoms. The summed E-state index contributed by atoms with van der Waals surface area (Å²) in [5.41, 5.74) is -0.836. The molecule has 6 nitrogen and oxygen atoms in total. The number of esters is 2. The molecule has 0 fully saturated rings. The number of carbonyl (C=O) groups is 2. The molecule has 1 aliphatic heterocycles. The standard InChI is InChI=1S/C64H123NO5/c1-4-7-10-13-16-19-22-25-28-31-34-37-40-43-46-49-52-55-61-65-64(58-68-61,59-69-62(66)56-53-50-47-44-41-38-35-32-29-26-23-20-17-14-11-8-5-2)60-70-63(67)57-54-51-48-45-42-39-36-33-30-27-24-21-18-15-12-9-6-3/h4-60H2,1-3H3. The molecule has 0 bridgehead atoms. The van der Waals surface area contributed by atoms with Crippen LogP contribution in [-0.4, -0.2) is 43.2 Å². The maximum absolute atomic E-state index is 12.9. The van der Waals surface area contributed by atoms with Crippen LogP contribution in [0.3, 0.4) is 0 Å². The van der Waals surface area contributed by atoms with E-state index in [0.29, 0.717) is 19.4 Å². The Morgan fingerprint density at radius 2 is 0.557 bits per heavy atom. The highest BCUT2D eigenvalue weighted by Gasteiger charge is 2.40. The van der Waals surface area contributed by atoms with Gasteiger partial charge in [-0.25, -0.2) is 4.99 Å². The molecule has 1 aliphatic rings. The van der Waals surface area contributed by atoms with Gasteiger partial charge in [0.1, 0.15) is 19.8 Å². The third kappa shape index (κ3) is 46.2. The van der Waals surface area contributed by atoms with Gasteiger partial charge in [0.15, 0.2) is 11.4 Å². The van der Waals surface area contributed by atoms with E-state index in [1.165, 1.54) is 295 Å². The number of hydrogen-bond donors (Lipinski definition) is 0. The van der Waals surface area contributed by atoms with E-state index in [9.17, 15) is 9.59 Å². The summed E-state index contributed by atoms with van der Waals surface area (Å²) in [6, 6.07) is 0. The Morgan fingerprint density at radius 1 is 0.343 bits per heavy atom. The van der Waals surface area contributed by atoms with Gasteiger partial charge < -0.3 is 14.2 Å². The zero-order valence-corrected chi connectivity index (χ0v) is 47.8. The van der Waals surface area contributed by atoms with Gasteiger partial charge in [0.25, 0.3) is 0 Å². The van der Waals surface area contributed by atoms with Crippen LogP contribution in [0, 0.1) is 0 Å². The van der Waals surface area contributed by atoms with Crippen LogP contribution in [0.5, 0.6) is 0 Å². The molecule has 0 saturated heterocycles. The van der Waals surface area contributed by atoms with E-state index in [1.807, 2.05) is 0 Å². The largest absolute Gasteiger partial charge is 0.478 e. The van der Waals surface area contributed by atoms with Crippen molar-refractivity contribution in [3.05, 3.63) is 0 Å². The number of hydrogen-bond acceptors (Lipinski definition) is 6. The summed E-state index contributed by atoms with van der Waals surface area (Å²) >= 11 is 0. The van der Waals surface area contributed by atoms with Gasteiger partial charge >= 0.3 is 11.9 Å². The van der Waals surface area contributed by atoms with Crippen molar-refractivity contribution >= 4 is 17.8 Å². The van der Waals surface area contributed by atoms with Gasteiger partial charge in [0.2, 0.25) is 0 Å². The van der Waals surface area contributed by atoms with Gasteiger partial charge in [-0.05, 0) is 19.3 Å². The summed E-state index contributed by atoms with van der Waals surface area (Å²) in [4.78, 5) is 30.8. The van der Waals surface area contributed by atoms with Crippen molar-refractivity contribution in [3.8, 4) is 0 Å². The summed E-state index contributed by atoms with van der Waals surface area (Å²) in [5, 5.41) is 0. The molecule has 1 heterocycles. The van der Waals surface area contributed by atoms with Gasteiger partial charge in [0.05, 0.1) is 0 Å². The molecule has 0 atom stereocenters. The Bertz CT molecular complexity index is 1070. The van der Waals surface area contributed by atoms with Crippen LogP contribution >= 0.6 is 0 Å². The van der Waals surface area contributed by atoms with Crippen LogP contribution in [0.1, 0.15) is 367 Å². The third-order valence-electron chi connectivity index (χ3n) is 15.3. The lowest BCUT2D eigenvalue weighted by atomic mass is 10.0. The topological polar surface area (TPSA) is 74.2 Å². The predicted octanol–water partition coefficient (Wildman–Crippen LogP) is 21.4. The molecule has 0 saturated carbocycles. The number of unbranched alkanes of at least 4 members (excludes halogenated alkanes) is 48. The minimum Gasteiger partial charge on any atom is -0.478 e. The summed E-state index contributed by atoms with van der Waals surface area (Å²) in [6.45, 7) is 7.40. The first-order valence-electron chi connectivity index (χ1n) is 32.1. The fourth-order valence-corrected chi connectivity index (χ4v) is 10.4. The zero-order valence-electron chi connectivity index (χ0n) is 47.8. The van der Waals surface area contributed by atoms with Crippen molar-refractivity contribution in [2.45, 2.75) is 373 Å². The molecular formula is C64H123NO5. The number of carbonyl (C=O) groups excluding carboxylic acids is 2. The van der Waals surface area contributed by atoms with Crippen LogP contribution in [0.25, 0.3) is 0 Å². The van der Waals surface area contributed by atoms with Gasteiger partial charge in [-0.15, -0.1) is 0 Å². The highest BCUT2D eigenvalue weighted by Crippen LogP contribution is 2.25. The van der Waals surface area contributed by atoms with Crippen molar-refractivity contribution in [3.63, 3.8) is 0 Å². The van der Waals surface area contributed by atoms with Crippen LogP contribution in [0.15, 0.2) is 4.99 Å². The average molecular weight is 987 g/mol. The first-order chi connectivity index (χ1) is 34.5. The second kappa shape index (κ2) is 53.7. The average Bonchev–Trinajstić information content (AvgIpc) is 3.78. The van der Waals surface area contributed by atoms with E-state index in [0.717, 1.165) is 44.4 Å². The first-order valence-corrected chi connectivity index (χ1v) is 32.1. The Hall–Kier alpha value is -1.59. The first kappa shape index (κ1) is 66.4. The minimum atomic E-state index is -0.836. The molecule has 6 heteroatoms. The summed E-state index contributed by atoms with van der Waals surface area (Å²) in [5.74, 6) is 0.383. The van der Waals surface area contributed by atoms with Crippen molar-refractivity contribution in [2.24, 2.45) is 4.99 Å². The van der Waals surface area contributed by atoms with Crippen molar-refractivity contribution < 1.29 is 23.8 Å². The van der Waals surface area contributed by atoms with Crippen LogP contribution in [0.4, 0.5) is 0 Å². The monoisotopic (exact) mass is 986 g/mol. The van der Waals surface area contributed by atoms with Crippen molar-refractivity contribution in [1.29, 1.82) is 0 Å². The zero-order chi connectivity index (χ0) is 50.4. The molecule has 1 rings (SSSR count). The number of rotatable bonds is 58. The maximum atomic E-state index is 12.9. The Labute approximate surface area is 437 Å². The minimum absolute atomic E-state index is 0.111. The van der Waals surface area contributed by atoms with E-state index >= 15 is 0 Å². The molecule has 0 aliphatic carbocycles. The Balaban J connectivity index is 2.31. The summed E-state index contributed by atoms with van der Waals surface area (Å²) in [7, 11) is 0. The van der Waals surface area contributed by atoms with Crippen LogP contribution < -0.4 is 0 Å². The predicted molar refractivity (Wildman–Crippen MR) is 304 cm³/mol. The molecule has 0 unspecified atom stereocenters. The molecule has 0 spiro atoms. The Kier molecular flexibility index (Phi) is 51.0. The third-order valence-corrected chi connectivity index (χ3v) is 15.3. The van der Waals surface area contributed by atoms with Gasteiger partial charge in [0, 0.05) is 19.3 Å². The number of aliphatic imine (C=N–C) groups is 1. The van der Waals surface area contributed by atoms with Crippen molar-refractivity contribution in [1.82, 2.24) is 0 Å². The molecule has 0 amide bonds. The second-order valence-electron chi connectivity index (χ2n) is 22.6. The fourth-order valence-electron chi connectivity index (χ4n) is 10.4. The SMILES string of the molecule is CCCCCCCCCCCCCCCCCCCC(=O)OCC1(COC(=O)CCCCCCCCCCCCCCCCCCC)COC(CCCCCCCCCCCCCCCCCCC)=N1. The molecule has 0 radical (unpaired) electrons. The Morgan fingerprint density at radius 3 is 0.800 bits per heavy atom. The van der Waals surface area contributed by atoms with E-state index in [4.69, 9.17) is 19.2 Å². The normalized spacial score (nSPS) is 13.2. The number of nitrogens with zero attached hydrogens (tertiary/aromatic N) is 1. The lowest BCUT2D eigenvalue weighted by Gasteiger charge is -2.23. The molecule has 414 valence electrons. The molecule has 0 N–H and O–H groups in total. The van der Waals surface area contributed by atoms with Gasteiger partial charge in [-0.3, -0.25) is 9.59 Å². The highest BCUT2D eigenvalue weighted by atomic mass is 16.6. The van der Waals surface area contributed by atoms with Gasteiger partial charge in [-0.2, -0.15) is 0 Å². The quantitative estimate of drug-likeness (QED) is 0.0448. The second-order valence-corrected chi connectivity index (χ2v) is 22.6. The lowest BCUT2D eigenvalue weighted by molar-refractivity contribution is -0.150. The van der Waals surface area contributed by atoms with E-state index in [2.05, 4.69) is 20.8 Å². The summed E-state index contributed by atoms with van der Waals surface area (Å²) in [6.07, 6.45) is 69.6. The fraction of sp³-hybridized carbons (Fsp3) is 0.953. The molecule has 0 aromatic carbocycles. The van der Waals surface area contributed by atoms with Crippen molar-refractivity contribution in [2.75, 3.05) is 19.8 Å². The van der Waals surface area contributed by atoms with E-state index in [1.54, 1.807) is 0 Å². The van der Waals surface area contributed by atoms with E-state index in [-0.39, 0.29) is 25.2 Å². The maximum Gasteiger partial charge on any atom is 0.305 e. The summed E-state index contributed by atoms with van der Waals surface area (Å²) < 4.78 is 17.8. The van der Waals surface area contributed by atoms with Crippen LogP contribution in [0.2, 0.25) is 0 Å².